The molecule has 1 aromatic carbocycles. The smallest absolute Gasteiger partial charge is 0.192 e. The number of halogens is 1. The summed E-state index contributed by atoms with van der Waals surface area (Å²) >= 11 is 1.24. The van der Waals surface area contributed by atoms with Gasteiger partial charge in [0.25, 0.3) is 0 Å². The highest BCUT2D eigenvalue weighted by atomic mass is 32.2. The summed E-state index contributed by atoms with van der Waals surface area (Å²) in [6.07, 6.45) is 3.32. The lowest BCUT2D eigenvalue weighted by molar-refractivity contribution is 0.102. The Bertz CT molecular complexity index is 980. The number of hydrogen-bond acceptors (Lipinski definition) is 6. The van der Waals surface area contributed by atoms with E-state index in [0.717, 1.165) is 11.3 Å². The van der Waals surface area contributed by atoms with Crippen LogP contribution in [0.15, 0.2) is 52.8 Å². The number of allylic oxidation sites excluding steroid dienone is 1. The zero-order valence-electron chi connectivity index (χ0n) is 14.9. The maximum Gasteiger partial charge on any atom is 0.192 e. The van der Waals surface area contributed by atoms with Crippen LogP contribution >= 0.6 is 11.8 Å². The van der Waals surface area contributed by atoms with Crippen molar-refractivity contribution in [2.75, 3.05) is 12.9 Å². The number of ether oxygens (including phenoxy) is 1. The zero-order valence-corrected chi connectivity index (χ0v) is 15.8. The van der Waals surface area contributed by atoms with Crippen LogP contribution in [-0.4, -0.2) is 33.4 Å². The van der Waals surface area contributed by atoms with Crippen molar-refractivity contribution in [3.05, 3.63) is 60.3 Å². The van der Waals surface area contributed by atoms with Gasteiger partial charge in [0.05, 0.1) is 24.7 Å². The maximum absolute atomic E-state index is 13.8. The van der Waals surface area contributed by atoms with Gasteiger partial charge in [-0.05, 0) is 31.2 Å². The Morgan fingerprint density at radius 3 is 2.85 bits per heavy atom. The average molecular weight is 387 g/mol. The Kier molecular flexibility index (Phi) is 5.75. The van der Waals surface area contributed by atoms with E-state index in [1.165, 1.54) is 31.0 Å². The summed E-state index contributed by atoms with van der Waals surface area (Å²) < 4.78 is 25.9. The number of hydrogen-bond donors (Lipinski definition) is 0. The molecular formula is C19H18FN3O3S. The van der Waals surface area contributed by atoms with Gasteiger partial charge in [0.1, 0.15) is 5.76 Å². The van der Waals surface area contributed by atoms with Gasteiger partial charge in [0.2, 0.25) is 0 Å². The van der Waals surface area contributed by atoms with Crippen LogP contribution in [0.3, 0.4) is 0 Å². The van der Waals surface area contributed by atoms with Gasteiger partial charge in [-0.2, -0.15) is 0 Å². The van der Waals surface area contributed by atoms with Crippen LogP contribution in [0.5, 0.6) is 5.75 Å². The van der Waals surface area contributed by atoms with Crippen LogP contribution in [-0.2, 0) is 6.54 Å². The predicted molar refractivity (Wildman–Crippen MR) is 101 cm³/mol. The number of carbonyl (C=O) groups excluding carboxylic acids is 1. The molecule has 0 spiro atoms. The van der Waals surface area contributed by atoms with Crippen LogP contribution in [0.25, 0.3) is 11.4 Å². The number of aromatic nitrogens is 3. The number of carbonyl (C=O) groups is 1. The second kappa shape index (κ2) is 8.22. The fourth-order valence-electron chi connectivity index (χ4n) is 2.56. The van der Waals surface area contributed by atoms with Crippen molar-refractivity contribution in [2.24, 2.45) is 0 Å². The van der Waals surface area contributed by atoms with E-state index in [1.807, 2.05) is 17.6 Å². The van der Waals surface area contributed by atoms with Crippen LogP contribution in [0.1, 0.15) is 16.1 Å². The lowest BCUT2D eigenvalue weighted by Crippen LogP contribution is -2.06. The Balaban J connectivity index is 1.79. The number of benzene rings is 1. The van der Waals surface area contributed by atoms with Gasteiger partial charge < -0.3 is 9.15 Å². The molecule has 6 nitrogen and oxygen atoms in total. The van der Waals surface area contributed by atoms with E-state index in [9.17, 15) is 9.18 Å². The Labute approximate surface area is 160 Å². The number of Topliss-reactive ketones (excluding diaryl/α,β-unsaturated/α-hetero) is 1. The van der Waals surface area contributed by atoms with Crippen LogP contribution in [0, 0.1) is 12.7 Å². The largest absolute Gasteiger partial charge is 0.494 e. The Hall–Kier alpha value is -2.87. The van der Waals surface area contributed by atoms with E-state index in [1.54, 1.807) is 18.4 Å². The summed E-state index contributed by atoms with van der Waals surface area (Å²) in [6.45, 7) is 6.09. The van der Waals surface area contributed by atoms with Crippen molar-refractivity contribution in [1.82, 2.24) is 14.8 Å². The van der Waals surface area contributed by atoms with Crippen LogP contribution in [0.4, 0.5) is 4.39 Å². The monoisotopic (exact) mass is 387 g/mol. The summed E-state index contributed by atoms with van der Waals surface area (Å²) in [6, 6.07) is 5.97. The molecule has 0 saturated heterocycles. The number of aryl methyl sites for hydroxylation is 1. The highest BCUT2D eigenvalue weighted by molar-refractivity contribution is 7.99. The van der Waals surface area contributed by atoms with E-state index in [2.05, 4.69) is 16.8 Å². The molecule has 0 bridgehead atoms. The molecule has 8 heteroatoms. The van der Waals surface area contributed by atoms with Gasteiger partial charge in [-0.3, -0.25) is 9.36 Å². The molecule has 0 radical (unpaired) electrons. The molecule has 27 heavy (non-hydrogen) atoms. The van der Waals surface area contributed by atoms with E-state index < -0.39 is 5.82 Å². The molecule has 0 aliphatic rings. The quantitative estimate of drug-likeness (QED) is 0.328. The topological polar surface area (TPSA) is 70.2 Å². The molecule has 0 fully saturated rings. The fraction of sp³-hybridized carbons (Fsp3) is 0.211. The van der Waals surface area contributed by atoms with Crippen molar-refractivity contribution < 1.29 is 18.3 Å². The Morgan fingerprint density at radius 2 is 2.22 bits per heavy atom. The van der Waals surface area contributed by atoms with Crippen molar-refractivity contribution in [2.45, 2.75) is 18.6 Å². The van der Waals surface area contributed by atoms with Gasteiger partial charge >= 0.3 is 0 Å². The van der Waals surface area contributed by atoms with Gasteiger partial charge in [0.15, 0.2) is 28.3 Å². The van der Waals surface area contributed by atoms with Gasteiger partial charge in [-0.1, -0.05) is 17.8 Å². The third kappa shape index (κ3) is 3.95. The molecule has 0 saturated carbocycles. The number of furan rings is 1. The average Bonchev–Trinajstić information content (AvgIpc) is 3.25. The number of methoxy groups -OCH3 is 1. The molecule has 0 aliphatic heterocycles. The standard InChI is InChI=1S/C19H18FN3O3S/c1-4-8-23-18(14-7-9-26-12(14)2)21-22-19(23)27-11-16(24)13-5-6-17(25-3)15(20)10-13/h4-7,9-10H,1,8,11H2,2-3H3. The van der Waals surface area contributed by atoms with Crippen LogP contribution < -0.4 is 4.74 Å². The SMILES string of the molecule is C=CCn1c(SCC(=O)c2ccc(OC)c(F)c2)nnc1-c1ccoc1C. The minimum absolute atomic E-state index is 0.102. The first-order valence-corrected chi connectivity index (χ1v) is 9.11. The zero-order chi connectivity index (χ0) is 19.4. The minimum Gasteiger partial charge on any atom is -0.494 e. The normalized spacial score (nSPS) is 10.8. The maximum atomic E-state index is 13.8. The fourth-order valence-corrected chi connectivity index (χ4v) is 3.40. The number of thioether (sulfide) groups is 1. The lowest BCUT2D eigenvalue weighted by Gasteiger charge is -2.07. The first-order chi connectivity index (χ1) is 13.0. The molecule has 2 heterocycles. The highest BCUT2D eigenvalue weighted by Gasteiger charge is 2.18. The molecule has 2 aromatic heterocycles. The van der Waals surface area contributed by atoms with Gasteiger partial charge in [-0.25, -0.2) is 4.39 Å². The van der Waals surface area contributed by atoms with E-state index >= 15 is 0 Å². The second-order valence-electron chi connectivity index (χ2n) is 5.66. The van der Waals surface area contributed by atoms with Gasteiger partial charge in [-0.15, -0.1) is 16.8 Å². The lowest BCUT2D eigenvalue weighted by atomic mass is 10.1. The molecular weight excluding hydrogens is 369 g/mol. The van der Waals surface area contributed by atoms with E-state index in [-0.39, 0.29) is 22.8 Å². The summed E-state index contributed by atoms with van der Waals surface area (Å²) in [5.41, 5.74) is 1.11. The number of ketones is 1. The summed E-state index contributed by atoms with van der Waals surface area (Å²) in [5.74, 6) is 0.799. The molecule has 0 unspecified atom stereocenters. The number of rotatable bonds is 8. The predicted octanol–water partition coefficient (Wildman–Crippen LogP) is 4.16. The highest BCUT2D eigenvalue weighted by Crippen LogP contribution is 2.27. The molecule has 3 rings (SSSR count). The minimum atomic E-state index is -0.569. The van der Waals surface area contributed by atoms with Crippen molar-refractivity contribution in [1.29, 1.82) is 0 Å². The first-order valence-electron chi connectivity index (χ1n) is 8.13. The molecule has 0 amide bonds. The van der Waals surface area contributed by atoms with E-state index in [0.29, 0.717) is 17.5 Å². The summed E-state index contributed by atoms with van der Waals surface area (Å²) in [7, 11) is 1.38. The van der Waals surface area contributed by atoms with Crippen molar-refractivity contribution >= 4 is 17.5 Å². The summed E-state index contributed by atoms with van der Waals surface area (Å²) in [5, 5.41) is 8.98. The molecule has 3 aromatic rings. The van der Waals surface area contributed by atoms with Gasteiger partial charge in [0, 0.05) is 12.1 Å². The second-order valence-corrected chi connectivity index (χ2v) is 6.60. The Morgan fingerprint density at radius 1 is 1.41 bits per heavy atom. The molecule has 0 N–H and O–H groups in total. The van der Waals surface area contributed by atoms with Crippen molar-refractivity contribution in [3.8, 4) is 17.1 Å². The molecule has 0 atom stereocenters. The van der Waals surface area contributed by atoms with Crippen molar-refractivity contribution in [3.63, 3.8) is 0 Å². The third-order valence-electron chi connectivity index (χ3n) is 3.93. The van der Waals surface area contributed by atoms with Crippen LogP contribution in [0.2, 0.25) is 0 Å². The summed E-state index contributed by atoms with van der Waals surface area (Å²) in [4.78, 5) is 12.4. The number of nitrogens with zero attached hydrogens (tertiary/aromatic N) is 3. The third-order valence-corrected chi connectivity index (χ3v) is 4.90. The van der Waals surface area contributed by atoms with E-state index in [4.69, 9.17) is 9.15 Å². The molecule has 140 valence electrons. The first kappa shape index (κ1) is 18.9. The molecule has 0 aliphatic carbocycles.